The first kappa shape index (κ1) is 12.6. The fourth-order valence-electron chi connectivity index (χ4n) is 1.49. The quantitative estimate of drug-likeness (QED) is 0.853. The van der Waals surface area contributed by atoms with Gasteiger partial charge in [-0.2, -0.15) is 0 Å². The van der Waals surface area contributed by atoms with Crippen LogP contribution in [0.4, 0.5) is 4.79 Å². The lowest BCUT2D eigenvalue weighted by atomic mass is 10.1. The molecule has 4 nitrogen and oxygen atoms in total. The molecule has 2 amide bonds. The smallest absolute Gasteiger partial charge is 0.314 e. The lowest BCUT2D eigenvalue weighted by Crippen LogP contribution is -2.32. The molecule has 0 heterocycles. The normalized spacial score (nSPS) is 9.75. The van der Waals surface area contributed by atoms with E-state index in [0.717, 1.165) is 16.9 Å². The molecule has 0 aliphatic heterocycles. The number of amides is 2. The van der Waals surface area contributed by atoms with Crippen molar-refractivity contribution in [3.63, 3.8) is 0 Å². The summed E-state index contributed by atoms with van der Waals surface area (Å²) in [6.07, 6.45) is 0. The maximum atomic E-state index is 11.1. The summed E-state index contributed by atoms with van der Waals surface area (Å²) in [5.74, 6) is 0.751. The first-order chi connectivity index (χ1) is 7.58. The molecule has 1 aromatic carbocycles. The van der Waals surface area contributed by atoms with Gasteiger partial charge in [0, 0.05) is 24.2 Å². The Morgan fingerprint density at radius 1 is 1.50 bits per heavy atom. The van der Waals surface area contributed by atoms with Crippen LogP contribution in [-0.4, -0.2) is 20.2 Å². The predicted octanol–water partition coefficient (Wildman–Crippen LogP) is 2.09. The standard InChI is InChI=1S/C11H15ClN2O2/c1-7-4-9(12)5-8(10(7)16-3)6-14-11(15)13-2/h4-5H,6H2,1-3H3,(H2,13,14,15). The zero-order valence-electron chi connectivity index (χ0n) is 9.56. The number of halogens is 1. The van der Waals surface area contributed by atoms with Crippen molar-refractivity contribution in [1.29, 1.82) is 0 Å². The highest BCUT2D eigenvalue weighted by Gasteiger charge is 2.08. The van der Waals surface area contributed by atoms with Gasteiger partial charge < -0.3 is 15.4 Å². The molecule has 88 valence electrons. The van der Waals surface area contributed by atoms with Crippen molar-refractivity contribution in [1.82, 2.24) is 10.6 Å². The number of hydrogen-bond acceptors (Lipinski definition) is 2. The summed E-state index contributed by atoms with van der Waals surface area (Å²) in [6.45, 7) is 2.29. The molecule has 0 aromatic heterocycles. The van der Waals surface area contributed by atoms with Gasteiger partial charge in [-0.3, -0.25) is 0 Å². The van der Waals surface area contributed by atoms with E-state index >= 15 is 0 Å². The molecule has 16 heavy (non-hydrogen) atoms. The van der Waals surface area contributed by atoms with E-state index in [2.05, 4.69) is 10.6 Å². The van der Waals surface area contributed by atoms with E-state index in [9.17, 15) is 4.79 Å². The fraction of sp³-hybridized carbons (Fsp3) is 0.364. The third-order valence-electron chi connectivity index (χ3n) is 2.19. The molecule has 0 spiro atoms. The minimum Gasteiger partial charge on any atom is -0.496 e. The molecule has 1 rings (SSSR count). The molecular weight excluding hydrogens is 228 g/mol. The highest BCUT2D eigenvalue weighted by molar-refractivity contribution is 6.30. The van der Waals surface area contributed by atoms with Gasteiger partial charge in [-0.05, 0) is 24.6 Å². The molecule has 0 fully saturated rings. The van der Waals surface area contributed by atoms with Crippen LogP contribution in [0.1, 0.15) is 11.1 Å². The number of carbonyl (C=O) groups excluding carboxylic acids is 1. The summed E-state index contributed by atoms with van der Waals surface area (Å²) in [7, 11) is 3.16. The van der Waals surface area contributed by atoms with Crippen LogP contribution in [0.2, 0.25) is 5.02 Å². The molecule has 2 N–H and O–H groups in total. The van der Waals surface area contributed by atoms with Crippen molar-refractivity contribution in [2.75, 3.05) is 14.2 Å². The van der Waals surface area contributed by atoms with Crippen LogP contribution in [-0.2, 0) is 6.54 Å². The van der Waals surface area contributed by atoms with Crippen molar-refractivity contribution in [2.24, 2.45) is 0 Å². The number of ether oxygens (including phenoxy) is 1. The van der Waals surface area contributed by atoms with Crippen molar-refractivity contribution in [3.05, 3.63) is 28.3 Å². The molecule has 0 saturated heterocycles. The second-order valence-corrected chi connectivity index (χ2v) is 3.78. The second-order valence-electron chi connectivity index (χ2n) is 3.35. The first-order valence-corrected chi connectivity index (χ1v) is 5.25. The van der Waals surface area contributed by atoms with Gasteiger partial charge in [0.05, 0.1) is 7.11 Å². The zero-order chi connectivity index (χ0) is 12.1. The van der Waals surface area contributed by atoms with E-state index < -0.39 is 0 Å². The number of urea groups is 1. The van der Waals surface area contributed by atoms with Crippen molar-refractivity contribution < 1.29 is 9.53 Å². The highest BCUT2D eigenvalue weighted by atomic mass is 35.5. The summed E-state index contributed by atoms with van der Waals surface area (Å²) >= 11 is 5.94. The van der Waals surface area contributed by atoms with E-state index in [0.29, 0.717) is 11.6 Å². The largest absolute Gasteiger partial charge is 0.496 e. The van der Waals surface area contributed by atoms with Crippen LogP contribution in [0.15, 0.2) is 12.1 Å². The average molecular weight is 243 g/mol. The van der Waals surface area contributed by atoms with E-state index in [1.165, 1.54) is 0 Å². The van der Waals surface area contributed by atoms with Gasteiger partial charge in [-0.15, -0.1) is 0 Å². The second kappa shape index (κ2) is 5.61. The number of carbonyl (C=O) groups is 1. The van der Waals surface area contributed by atoms with E-state index in [4.69, 9.17) is 16.3 Å². The average Bonchev–Trinajstić information content (AvgIpc) is 2.25. The van der Waals surface area contributed by atoms with Crippen molar-refractivity contribution >= 4 is 17.6 Å². The number of hydrogen-bond donors (Lipinski definition) is 2. The van der Waals surface area contributed by atoms with E-state index in [-0.39, 0.29) is 6.03 Å². The van der Waals surface area contributed by atoms with Crippen molar-refractivity contribution in [2.45, 2.75) is 13.5 Å². The summed E-state index contributed by atoms with van der Waals surface area (Å²) in [6, 6.07) is 3.37. The lowest BCUT2D eigenvalue weighted by Gasteiger charge is -2.12. The molecular formula is C11H15ClN2O2. The number of rotatable bonds is 3. The minimum absolute atomic E-state index is 0.236. The zero-order valence-corrected chi connectivity index (χ0v) is 10.3. The molecule has 5 heteroatoms. The fourth-order valence-corrected chi connectivity index (χ4v) is 1.78. The molecule has 0 bridgehead atoms. The Kier molecular flexibility index (Phi) is 4.43. The topological polar surface area (TPSA) is 50.4 Å². The summed E-state index contributed by atoms with van der Waals surface area (Å²) in [4.78, 5) is 11.1. The van der Waals surface area contributed by atoms with E-state index in [1.807, 2.05) is 13.0 Å². The number of nitrogens with one attached hydrogen (secondary N) is 2. The molecule has 0 atom stereocenters. The Labute approximate surface area is 99.9 Å². The first-order valence-electron chi connectivity index (χ1n) is 4.87. The molecule has 0 unspecified atom stereocenters. The van der Waals surface area contributed by atoms with Gasteiger partial charge >= 0.3 is 6.03 Å². The third-order valence-corrected chi connectivity index (χ3v) is 2.41. The Morgan fingerprint density at radius 3 is 2.75 bits per heavy atom. The van der Waals surface area contributed by atoms with Crippen molar-refractivity contribution in [3.8, 4) is 5.75 Å². The maximum absolute atomic E-state index is 11.1. The van der Waals surface area contributed by atoms with Gasteiger partial charge in [0.25, 0.3) is 0 Å². The summed E-state index contributed by atoms with van der Waals surface area (Å²) in [5, 5.41) is 5.80. The van der Waals surface area contributed by atoms with Crippen LogP contribution in [0.3, 0.4) is 0 Å². The molecule has 0 radical (unpaired) electrons. The Bertz CT molecular complexity index is 394. The number of methoxy groups -OCH3 is 1. The van der Waals surface area contributed by atoms with Gasteiger partial charge in [-0.1, -0.05) is 11.6 Å². The number of benzene rings is 1. The monoisotopic (exact) mass is 242 g/mol. The van der Waals surface area contributed by atoms with E-state index in [1.54, 1.807) is 20.2 Å². The number of aryl methyl sites for hydroxylation is 1. The van der Waals surface area contributed by atoms with Crippen LogP contribution in [0.5, 0.6) is 5.75 Å². The van der Waals surface area contributed by atoms with Crippen LogP contribution >= 0.6 is 11.6 Å². The van der Waals surface area contributed by atoms with Crippen LogP contribution in [0, 0.1) is 6.92 Å². The maximum Gasteiger partial charge on any atom is 0.314 e. The van der Waals surface area contributed by atoms with Gasteiger partial charge in [-0.25, -0.2) is 4.79 Å². The molecule has 0 aliphatic carbocycles. The Hall–Kier alpha value is -1.42. The van der Waals surface area contributed by atoms with Crippen LogP contribution < -0.4 is 15.4 Å². The molecule has 0 saturated carbocycles. The highest BCUT2D eigenvalue weighted by Crippen LogP contribution is 2.27. The SMILES string of the molecule is CNC(=O)NCc1cc(Cl)cc(C)c1OC. The summed E-state index contributed by atoms with van der Waals surface area (Å²) < 4.78 is 5.27. The third kappa shape index (κ3) is 3.03. The van der Waals surface area contributed by atoms with Gasteiger partial charge in [0.2, 0.25) is 0 Å². The van der Waals surface area contributed by atoms with Gasteiger partial charge in [0.1, 0.15) is 5.75 Å². The Morgan fingerprint density at radius 2 is 2.19 bits per heavy atom. The molecule has 1 aromatic rings. The summed E-state index contributed by atoms with van der Waals surface area (Å²) in [5.41, 5.74) is 1.81. The van der Waals surface area contributed by atoms with Crippen LogP contribution in [0.25, 0.3) is 0 Å². The predicted molar refractivity (Wildman–Crippen MR) is 64.0 cm³/mol. The van der Waals surface area contributed by atoms with Gasteiger partial charge in [0.15, 0.2) is 0 Å². The Balaban J connectivity index is 2.89. The minimum atomic E-state index is -0.236. The molecule has 0 aliphatic rings. The lowest BCUT2D eigenvalue weighted by molar-refractivity contribution is 0.242.